The standard InChI is InChI=1S/C17H28N4O2.HI/c1-18-17(19-10-13-7-8-21(2)12-13)20-11-14-5-6-15(22-3)9-16(14)23-4;/h5-6,9,13H,7-8,10-12H2,1-4H3,(H2,18,19,20);1H. The lowest BCUT2D eigenvalue weighted by molar-refractivity contribution is 0.390. The van der Waals surface area contributed by atoms with Crippen molar-refractivity contribution >= 4 is 29.9 Å². The molecular weight excluding hydrogens is 419 g/mol. The SMILES string of the molecule is CN=C(NCc1ccc(OC)cc1OC)NCC1CCN(C)C1.I. The molecule has 136 valence electrons. The number of guanidine groups is 1. The molecule has 24 heavy (non-hydrogen) atoms. The molecule has 1 aliphatic heterocycles. The Morgan fingerprint density at radius 1 is 1.29 bits per heavy atom. The molecule has 0 radical (unpaired) electrons. The molecule has 0 bridgehead atoms. The number of aliphatic imine (C=N–C) groups is 1. The van der Waals surface area contributed by atoms with Gasteiger partial charge in [-0.3, -0.25) is 4.99 Å². The minimum Gasteiger partial charge on any atom is -0.497 e. The fourth-order valence-electron chi connectivity index (χ4n) is 2.83. The number of benzene rings is 1. The van der Waals surface area contributed by atoms with E-state index in [0.29, 0.717) is 12.5 Å². The van der Waals surface area contributed by atoms with Crippen molar-refractivity contribution in [3.63, 3.8) is 0 Å². The van der Waals surface area contributed by atoms with Gasteiger partial charge in [-0.15, -0.1) is 24.0 Å². The Bertz CT molecular complexity index is 539. The molecule has 0 aliphatic carbocycles. The maximum Gasteiger partial charge on any atom is 0.191 e. The first-order valence-corrected chi connectivity index (χ1v) is 8.00. The monoisotopic (exact) mass is 448 g/mol. The van der Waals surface area contributed by atoms with Crippen LogP contribution in [0, 0.1) is 5.92 Å². The van der Waals surface area contributed by atoms with Crippen molar-refractivity contribution in [2.45, 2.75) is 13.0 Å². The van der Waals surface area contributed by atoms with Crippen molar-refractivity contribution in [1.82, 2.24) is 15.5 Å². The van der Waals surface area contributed by atoms with Crippen LogP contribution in [-0.4, -0.2) is 58.8 Å². The molecule has 1 unspecified atom stereocenters. The van der Waals surface area contributed by atoms with Crippen LogP contribution in [0.15, 0.2) is 23.2 Å². The van der Waals surface area contributed by atoms with Crippen LogP contribution in [-0.2, 0) is 6.54 Å². The van der Waals surface area contributed by atoms with Crippen LogP contribution in [0.2, 0.25) is 0 Å². The lowest BCUT2D eigenvalue weighted by atomic mass is 10.1. The molecular formula is C17H29IN4O2. The number of rotatable bonds is 6. The summed E-state index contributed by atoms with van der Waals surface area (Å²) in [5, 5.41) is 6.75. The van der Waals surface area contributed by atoms with Crippen LogP contribution < -0.4 is 20.1 Å². The predicted octanol–water partition coefficient (Wildman–Crippen LogP) is 1.94. The Balaban J connectivity index is 0.00000288. The average molecular weight is 448 g/mol. The largest absolute Gasteiger partial charge is 0.497 e. The zero-order chi connectivity index (χ0) is 16.7. The molecule has 1 aromatic carbocycles. The van der Waals surface area contributed by atoms with Crippen molar-refractivity contribution < 1.29 is 9.47 Å². The topological polar surface area (TPSA) is 58.1 Å². The number of nitrogens with zero attached hydrogens (tertiary/aromatic N) is 2. The van der Waals surface area contributed by atoms with E-state index in [-0.39, 0.29) is 24.0 Å². The molecule has 6 nitrogen and oxygen atoms in total. The summed E-state index contributed by atoms with van der Waals surface area (Å²) >= 11 is 0. The predicted molar refractivity (Wildman–Crippen MR) is 109 cm³/mol. The molecule has 2 rings (SSSR count). The first-order chi connectivity index (χ1) is 11.2. The lowest BCUT2D eigenvalue weighted by Crippen LogP contribution is -2.39. The minimum absolute atomic E-state index is 0. The maximum absolute atomic E-state index is 5.42. The molecule has 0 amide bonds. The van der Waals surface area contributed by atoms with E-state index >= 15 is 0 Å². The molecule has 7 heteroatoms. The number of hydrogen-bond acceptors (Lipinski definition) is 4. The number of likely N-dealkylation sites (tertiary alicyclic amines) is 1. The van der Waals surface area contributed by atoms with E-state index in [1.165, 1.54) is 13.0 Å². The molecule has 0 spiro atoms. The fourth-order valence-corrected chi connectivity index (χ4v) is 2.83. The van der Waals surface area contributed by atoms with Crippen molar-refractivity contribution in [2.75, 3.05) is 47.9 Å². The third kappa shape index (κ3) is 6.01. The second kappa shape index (κ2) is 10.6. The van der Waals surface area contributed by atoms with Gasteiger partial charge in [-0.05, 0) is 38.1 Å². The zero-order valence-electron chi connectivity index (χ0n) is 15.0. The highest BCUT2D eigenvalue weighted by Gasteiger charge is 2.19. The Morgan fingerprint density at radius 3 is 2.67 bits per heavy atom. The Morgan fingerprint density at radius 2 is 2.08 bits per heavy atom. The van der Waals surface area contributed by atoms with E-state index in [1.54, 1.807) is 21.3 Å². The summed E-state index contributed by atoms with van der Waals surface area (Å²) in [7, 11) is 7.28. The summed E-state index contributed by atoms with van der Waals surface area (Å²) in [6.45, 7) is 3.93. The summed E-state index contributed by atoms with van der Waals surface area (Å²) < 4.78 is 10.6. The molecule has 0 saturated carbocycles. The highest BCUT2D eigenvalue weighted by atomic mass is 127. The Labute approximate surface area is 162 Å². The van der Waals surface area contributed by atoms with Gasteiger partial charge in [0, 0.05) is 38.3 Å². The van der Waals surface area contributed by atoms with Crippen LogP contribution in [0.1, 0.15) is 12.0 Å². The molecule has 1 aliphatic rings. The molecule has 1 saturated heterocycles. The zero-order valence-corrected chi connectivity index (χ0v) is 17.3. The number of hydrogen-bond donors (Lipinski definition) is 2. The van der Waals surface area contributed by atoms with Gasteiger partial charge in [-0.1, -0.05) is 0 Å². The lowest BCUT2D eigenvalue weighted by Gasteiger charge is -2.16. The number of halogens is 1. The Kier molecular flexibility index (Phi) is 9.20. The molecule has 1 fully saturated rings. The van der Waals surface area contributed by atoms with Crippen molar-refractivity contribution in [2.24, 2.45) is 10.9 Å². The third-order valence-corrected chi connectivity index (χ3v) is 4.21. The summed E-state index contributed by atoms with van der Waals surface area (Å²) in [6, 6.07) is 5.83. The van der Waals surface area contributed by atoms with Gasteiger partial charge in [0.1, 0.15) is 11.5 Å². The quantitative estimate of drug-likeness (QED) is 0.396. The highest BCUT2D eigenvalue weighted by Crippen LogP contribution is 2.24. The van der Waals surface area contributed by atoms with Gasteiger partial charge in [0.15, 0.2) is 5.96 Å². The van der Waals surface area contributed by atoms with Crippen molar-refractivity contribution in [3.8, 4) is 11.5 Å². The molecule has 1 heterocycles. The smallest absolute Gasteiger partial charge is 0.191 e. The van der Waals surface area contributed by atoms with E-state index < -0.39 is 0 Å². The van der Waals surface area contributed by atoms with Gasteiger partial charge in [0.2, 0.25) is 0 Å². The maximum atomic E-state index is 5.42. The van der Waals surface area contributed by atoms with E-state index in [0.717, 1.165) is 36.1 Å². The van der Waals surface area contributed by atoms with Crippen molar-refractivity contribution in [1.29, 1.82) is 0 Å². The van der Waals surface area contributed by atoms with Crippen LogP contribution >= 0.6 is 24.0 Å². The second-order valence-electron chi connectivity index (χ2n) is 5.90. The molecule has 1 aromatic rings. The summed E-state index contributed by atoms with van der Waals surface area (Å²) in [6.07, 6.45) is 1.24. The van der Waals surface area contributed by atoms with E-state index in [1.807, 2.05) is 18.2 Å². The van der Waals surface area contributed by atoms with E-state index in [9.17, 15) is 0 Å². The van der Waals surface area contributed by atoms with E-state index in [2.05, 4.69) is 27.6 Å². The number of ether oxygens (including phenoxy) is 2. The molecule has 1 atom stereocenters. The van der Waals surface area contributed by atoms with Crippen LogP contribution in [0.5, 0.6) is 11.5 Å². The van der Waals surface area contributed by atoms with Crippen LogP contribution in [0.3, 0.4) is 0 Å². The van der Waals surface area contributed by atoms with Gasteiger partial charge < -0.3 is 25.0 Å². The summed E-state index contributed by atoms with van der Waals surface area (Å²) in [5.41, 5.74) is 1.07. The molecule has 2 N–H and O–H groups in total. The fraction of sp³-hybridized carbons (Fsp3) is 0.588. The first-order valence-electron chi connectivity index (χ1n) is 8.00. The van der Waals surface area contributed by atoms with Gasteiger partial charge in [-0.25, -0.2) is 0 Å². The van der Waals surface area contributed by atoms with Gasteiger partial charge >= 0.3 is 0 Å². The number of nitrogens with one attached hydrogen (secondary N) is 2. The second-order valence-corrected chi connectivity index (χ2v) is 5.90. The average Bonchev–Trinajstić information content (AvgIpc) is 3.00. The summed E-state index contributed by atoms with van der Waals surface area (Å²) in [4.78, 5) is 6.65. The first kappa shape index (κ1) is 20.8. The van der Waals surface area contributed by atoms with E-state index in [4.69, 9.17) is 9.47 Å². The highest BCUT2D eigenvalue weighted by molar-refractivity contribution is 14.0. The third-order valence-electron chi connectivity index (χ3n) is 4.21. The minimum atomic E-state index is 0. The summed E-state index contributed by atoms with van der Waals surface area (Å²) in [5.74, 6) is 3.11. The van der Waals surface area contributed by atoms with Gasteiger partial charge in [0.05, 0.1) is 14.2 Å². The van der Waals surface area contributed by atoms with Gasteiger partial charge in [-0.2, -0.15) is 0 Å². The van der Waals surface area contributed by atoms with Crippen molar-refractivity contribution in [3.05, 3.63) is 23.8 Å². The van der Waals surface area contributed by atoms with Crippen LogP contribution in [0.4, 0.5) is 0 Å². The normalized spacial score (nSPS) is 18.0. The number of methoxy groups -OCH3 is 2. The Hall–Kier alpha value is -1.22. The van der Waals surface area contributed by atoms with Crippen LogP contribution in [0.25, 0.3) is 0 Å². The van der Waals surface area contributed by atoms with Gasteiger partial charge in [0.25, 0.3) is 0 Å². The molecule has 0 aromatic heterocycles.